The maximum absolute atomic E-state index is 2.59. The average Bonchev–Trinajstić information content (AvgIpc) is 3.84. The maximum Gasteiger partial charge on any atom is 0.0540 e. The van der Waals surface area contributed by atoms with Crippen molar-refractivity contribution in [2.24, 2.45) is 47.3 Å². The summed E-state index contributed by atoms with van der Waals surface area (Å²) < 4.78 is 0. The quantitative estimate of drug-likeness (QED) is 0.166. The fraction of sp³-hybridized carbons (Fsp3) is 0.324. The monoisotopic (exact) mass is 896 g/mol. The van der Waals surface area contributed by atoms with Crippen LogP contribution in [0.5, 0.6) is 0 Å². The molecule has 4 saturated carbocycles. The highest BCUT2D eigenvalue weighted by molar-refractivity contribution is 6.07. The summed E-state index contributed by atoms with van der Waals surface area (Å²) >= 11 is 0. The molecule has 8 aromatic carbocycles. The van der Waals surface area contributed by atoms with Crippen LogP contribution in [-0.2, 0) is 10.8 Å². The van der Waals surface area contributed by atoms with Gasteiger partial charge < -0.3 is 4.90 Å². The second-order valence-corrected chi connectivity index (χ2v) is 23.3. The molecule has 1 nitrogen and oxygen atoms in total. The van der Waals surface area contributed by atoms with Gasteiger partial charge in [0.25, 0.3) is 0 Å². The van der Waals surface area contributed by atoms with Crippen molar-refractivity contribution in [3.8, 4) is 44.5 Å². The fourth-order valence-electron chi connectivity index (χ4n) is 17.3. The van der Waals surface area contributed by atoms with E-state index in [4.69, 9.17) is 0 Å². The van der Waals surface area contributed by atoms with Crippen molar-refractivity contribution < 1.29 is 0 Å². The first-order valence-corrected chi connectivity index (χ1v) is 26.8. The Bertz CT molecular complexity index is 3300. The van der Waals surface area contributed by atoms with Gasteiger partial charge in [0.05, 0.1) is 5.69 Å². The number of anilines is 3. The molecule has 14 rings (SSSR count). The topological polar surface area (TPSA) is 3.24 Å². The molecule has 0 N–H and O–H groups in total. The van der Waals surface area contributed by atoms with E-state index in [0.29, 0.717) is 23.7 Å². The van der Waals surface area contributed by atoms with Crippen molar-refractivity contribution in [3.05, 3.63) is 198 Å². The normalized spacial score (nSPS) is 29.1. The van der Waals surface area contributed by atoms with Gasteiger partial charge in [-0.15, -0.1) is 0 Å². The first-order chi connectivity index (χ1) is 33.8. The Morgan fingerprint density at radius 2 is 0.841 bits per heavy atom. The minimum absolute atomic E-state index is 0.0639. The van der Waals surface area contributed by atoms with E-state index in [0.717, 1.165) is 23.7 Å². The minimum Gasteiger partial charge on any atom is -0.310 e. The number of hydrogen-bond acceptors (Lipinski definition) is 1. The Morgan fingerprint density at radius 3 is 1.48 bits per heavy atom. The lowest BCUT2D eigenvalue weighted by atomic mass is 9.49. The zero-order chi connectivity index (χ0) is 46.2. The first-order valence-electron chi connectivity index (χ1n) is 26.8. The number of benzene rings is 8. The van der Waals surface area contributed by atoms with Crippen LogP contribution in [-0.4, -0.2) is 0 Å². The van der Waals surface area contributed by atoms with E-state index < -0.39 is 0 Å². The SMILES string of the molecule is C[C@@H]1CC2C[C@H](C1)[C@@]1(c3ccccc3-c3cc(N(c4ccc(-c5ccccc5)cc4)c4ccc(-c5ccc6c(c5)-c5ccccc5[C@]65[C@H]6CC(C[C@@H](C)C6)C[C@@H]5C)c5ccccc45)ccc31)[C@@H](C)C2. The second-order valence-electron chi connectivity index (χ2n) is 23.3. The largest absolute Gasteiger partial charge is 0.310 e. The van der Waals surface area contributed by atoms with Crippen LogP contribution >= 0.6 is 0 Å². The fourth-order valence-corrected chi connectivity index (χ4v) is 17.3. The van der Waals surface area contributed by atoms with E-state index in [2.05, 4.69) is 209 Å². The molecular weight excluding hydrogens is 831 g/mol. The van der Waals surface area contributed by atoms with Crippen molar-refractivity contribution in [2.75, 3.05) is 4.90 Å². The number of nitrogens with zero attached hydrogens (tertiary/aromatic N) is 1. The Morgan fingerprint density at radius 1 is 0.348 bits per heavy atom. The molecule has 2 unspecified atom stereocenters. The van der Waals surface area contributed by atoms with Crippen molar-refractivity contribution in [3.63, 3.8) is 0 Å². The van der Waals surface area contributed by atoms with Gasteiger partial charge in [0, 0.05) is 27.6 Å². The molecule has 6 aliphatic carbocycles. The van der Waals surface area contributed by atoms with Crippen LogP contribution in [0.15, 0.2) is 176 Å². The van der Waals surface area contributed by atoms with Crippen LogP contribution in [0.1, 0.15) is 101 Å². The highest BCUT2D eigenvalue weighted by Gasteiger charge is 2.58. The highest BCUT2D eigenvalue weighted by atomic mass is 15.1. The molecule has 0 aliphatic heterocycles. The summed E-state index contributed by atoms with van der Waals surface area (Å²) in [5, 5.41) is 2.56. The van der Waals surface area contributed by atoms with Crippen LogP contribution in [0.4, 0.5) is 17.1 Å². The van der Waals surface area contributed by atoms with Crippen LogP contribution < -0.4 is 4.90 Å². The van der Waals surface area contributed by atoms with Gasteiger partial charge in [-0.2, -0.15) is 0 Å². The van der Waals surface area contributed by atoms with E-state index in [1.807, 2.05) is 0 Å². The van der Waals surface area contributed by atoms with Gasteiger partial charge >= 0.3 is 0 Å². The Labute approximate surface area is 410 Å². The molecule has 0 heterocycles. The Hall–Kier alpha value is -6.18. The standard InChI is InChI=1S/C68H65N/c1-42-32-46-36-44(3)67(51(34-42)38-46)62-20-12-10-17-57(62)60-40-50(24-29-64(60)67)55-28-31-66(59-19-9-8-16-56(55)59)69(53-25-22-49(23-26-53)48-14-6-5-7-15-48)54-27-30-65-61(41-54)58-18-11-13-21-63(58)68(65)45(4)37-47-33-43(2)35-52(68)39-47/h5-31,40-47,51-52H,32-39H2,1-4H3/t42-,43-,44+,45+,46?,47?,51-,52+,67+,68-/m1/s1. The van der Waals surface area contributed by atoms with Gasteiger partial charge in [0.15, 0.2) is 0 Å². The van der Waals surface area contributed by atoms with E-state index in [1.165, 1.54) is 124 Å². The van der Waals surface area contributed by atoms with Crippen LogP contribution in [0.25, 0.3) is 55.3 Å². The predicted octanol–water partition coefficient (Wildman–Crippen LogP) is 18.4. The van der Waals surface area contributed by atoms with Crippen LogP contribution in [0.3, 0.4) is 0 Å². The molecular formula is C68H65N. The van der Waals surface area contributed by atoms with Crippen molar-refractivity contribution in [1.29, 1.82) is 0 Å². The van der Waals surface area contributed by atoms with Gasteiger partial charge in [-0.3, -0.25) is 0 Å². The summed E-state index contributed by atoms with van der Waals surface area (Å²) in [7, 11) is 0. The lowest BCUT2D eigenvalue weighted by Crippen LogP contribution is -2.49. The molecule has 2 spiro atoms. The third-order valence-electron chi connectivity index (χ3n) is 19.5. The zero-order valence-corrected chi connectivity index (χ0v) is 41.0. The molecule has 0 radical (unpaired) electrons. The summed E-state index contributed by atoms with van der Waals surface area (Å²) in [6.45, 7) is 10.2. The molecule has 8 aromatic rings. The molecule has 1 heteroatoms. The number of rotatable bonds is 5. The van der Waals surface area contributed by atoms with Crippen LogP contribution in [0.2, 0.25) is 0 Å². The molecule has 6 aliphatic rings. The van der Waals surface area contributed by atoms with Gasteiger partial charge in [-0.25, -0.2) is 0 Å². The molecule has 4 fully saturated rings. The third kappa shape index (κ3) is 6.01. The summed E-state index contributed by atoms with van der Waals surface area (Å²) in [6, 6.07) is 68.4. The number of hydrogen-bond donors (Lipinski definition) is 0. The Kier molecular flexibility index (Phi) is 9.48. The van der Waals surface area contributed by atoms with Crippen LogP contribution in [0, 0.1) is 47.3 Å². The van der Waals surface area contributed by atoms with Gasteiger partial charge in [0.1, 0.15) is 0 Å². The summed E-state index contributed by atoms with van der Waals surface area (Å²) in [5.41, 5.74) is 21.0. The van der Waals surface area contributed by atoms with Gasteiger partial charge in [-0.05, 0) is 207 Å². The van der Waals surface area contributed by atoms with E-state index in [9.17, 15) is 0 Å². The lowest BCUT2D eigenvalue weighted by molar-refractivity contribution is 0.0425. The van der Waals surface area contributed by atoms with Gasteiger partial charge in [-0.1, -0.05) is 167 Å². The third-order valence-corrected chi connectivity index (χ3v) is 19.5. The van der Waals surface area contributed by atoms with Crippen molar-refractivity contribution >= 4 is 27.8 Å². The Balaban J connectivity index is 0.928. The molecule has 69 heavy (non-hydrogen) atoms. The summed E-state index contributed by atoms with van der Waals surface area (Å²) in [4.78, 5) is 2.56. The summed E-state index contributed by atoms with van der Waals surface area (Å²) in [6.07, 6.45) is 10.9. The smallest absolute Gasteiger partial charge is 0.0540 e. The average molecular weight is 896 g/mol. The minimum atomic E-state index is 0.0639. The number of fused-ring (bicyclic) bond motifs is 17. The molecule has 4 bridgehead atoms. The van der Waals surface area contributed by atoms with E-state index in [-0.39, 0.29) is 10.8 Å². The molecule has 10 atom stereocenters. The van der Waals surface area contributed by atoms with Gasteiger partial charge in [0.2, 0.25) is 0 Å². The molecule has 0 amide bonds. The lowest BCUT2D eigenvalue weighted by Gasteiger charge is -2.54. The zero-order valence-electron chi connectivity index (χ0n) is 41.0. The molecule has 342 valence electrons. The van der Waals surface area contributed by atoms with E-state index in [1.54, 1.807) is 22.3 Å². The predicted molar refractivity (Wildman–Crippen MR) is 289 cm³/mol. The van der Waals surface area contributed by atoms with Crippen molar-refractivity contribution in [2.45, 2.75) is 89.9 Å². The molecule has 0 aromatic heterocycles. The van der Waals surface area contributed by atoms with E-state index >= 15 is 0 Å². The highest BCUT2D eigenvalue weighted by Crippen LogP contribution is 2.67. The summed E-state index contributed by atoms with van der Waals surface area (Å²) in [5.74, 6) is 5.91. The first kappa shape index (κ1) is 41.8. The second kappa shape index (κ2) is 15.7. The van der Waals surface area contributed by atoms with Crippen molar-refractivity contribution in [1.82, 2.24) is 0 Å². The maximum atomic E-state index is 2.59. The molecule has 0 saturated heterocycles.